The average Bonchev–Trinajstić information content (AvgIpc) is 2.65. The largest absolute Gasteiger partial charge is 0.388 e. The predicted octanol–water partition coefficient (Wildman–Crippen LogP) is 2.13. The first kappa shape index (κ1) is 11.4. The van der Waals surface area contributed by atoms with Crippen molar-refractivity contribution in [1.82, 2.24) is 4.98 Å². The third-order valence-corrected chi connectivity index (χ3v) is 3.36. The summed E-state index contributed by atoms with van der Waals surface area (Å²) in [5.74, 6) is 0.945. The van der Waals surface area contributed by atoms with Gasteiger partial charge in [-0.1, -0.05) is 12.8 Å². The van der Waals surface area contributed by atoms with Crippen molar-refractivity contribution in [2.24, 2.45) is 0 Å². The van der Waals surface area contributed by atoms with Gasteiger partial charge in [-0.2, -0.15) is 0 Å². The zero-order valence-electron chi connectivity index (χ0n) is 10.1. The maximum atomic E-state index is 10.3. The second kappa shape index (κ2) is 4.42. The van der Waals surface area contributed by atoms with Crippen molar-refractivity contribution in [1.29, 1.82) is 0 Å². The highest BCUT2D eigenvalue weighted by molar-refractivity contribution is 5.40. The molecule has 0 unspecified atom stereocenters. The van der Waals surface area contributed by atoms with Gasteiger partial charge in [-0.3, -0.25) is 0 Å². The molecule has 2 rings (SSSR count). The molecule has 1 aliphatic carbocycles. The lowest BCUT2D eigenvalue weighted by atomic mass is 10.0. The van der Waals surface area contributed by atoms with Crippen molar-refractivity contribution >= 4 is 5.82 Å². The molecule has 0 radical (unpaired) electrons. The van der Waals surface area contributed by atoms with E-state index in [1.54, 1.807) is 0 Å². The molecule has 3 nitrogen and oxygen atoms in total. The monoisotopic (exact) mass is 220 g/mol. The van der Waals surface area contributed by atoms with Crippen molar-refractivity contribution < 1.29 is 5.11 Å². The first-order valence-corrected chi connectivity index (χ1v) is 5.95. The van der Waals surface area contributed by atoms with Gasteiger partial charge in [0, 0.05) is 19.8 Å². The summed E-state index contributed by atoms with van der Waals surface area (Å²) in [6.45, 7) is 2.74. The third kappa shape index (κ3) is 2.53. The first-order chi connectivity index (χ1) is 7.59. The summed E-state index contributed by atoms with van der Waals surface area (Å²) in [5, 5.41) is 10.3. The molecule has 1 N–H and O–H groups in total. The third-order valence-electron chi connectivity index (χ3n) is 3.36. The van der Waals surface area contributed by atoms with E-state index in [2.05, 4.69) is 22.9 Å². The maximum Gasteiger partial charge on any atom is 0.128 e. The smallest absolute Gasteiger partial charge is 0.128 e. The van der Waals surface area contributed by atoms with Gasteiger partial charge in [0.05, 0.1) is 5.60 Å². The molecule has 3 heteroatoms. The van der Waals surface area contributed by atoms with Gasteiger partial charge < -0.3 is 10.0 Å². The topological polar surface area (TPSA) is 36.4 Å². The van der Waals surface area contributed by atoms with E-state index in [1.165, 1.54) is 5.56 Å². The van der Waals surface area contributed by atoms with Gasteiger partial charge in [0.15, 0.2) is 0 Å². The van der Waals surface area contributed by atoms with Crippen LogP contribution in [0.5, 0.6) is 0 Å². The minimum Gasteiger partial charge on any atom is -0.388 e. The summed E-state index contributed by atoms with van der Waals surface area (Å²) >= 11 is 0. The van der Waals surface area contributed by atoms with E-state index in [9.17, 15) is 5.11 Å². The van der Waals surface area contributed by atoms with E-state index < -0.39 is 5.60 Å². The second-order valence-corrected chi connectivity index (χ2v) is 4.98. The van der Waals surface area contributed by atoms with Gasteiger partial charge in [0.2, 0.25) is 0 Å². The number of likely N-dealkylation sites (N-methyl/N-ethyl adjacent to an activating group) is 1. The molecule has 1 aliphatic rings. The summed E-state index contributed by atoms with van der Waals surface area (Å²) < 4.78 is 0. The van der Waals surface area contributed by atoms with E-state index in [-0.39, 0.29) is 0 Å². The van der Waals surface area contributed by atoms with Crippen LogP contribution in [-0.4, -0.2) is 29.3 Å². The summed E-state index contributed by atoms with van der Waals surface area (Å²) in [7, 11) is 2.00. The molecule has 0 aliphatic heterocycles. The molecule has 0 spiro atoms. The van der Waals surface area contributed by atoms with Crippen LogP contribution in [0, 0.1) is 6.92 Å². The van der Waals surface area contributed by atoms with E-state index in [0.29, 0.717) is 6.54 Å². The van der Waals surface area contributed by atoms with Gasteiger partial charge in [-0.05, 0) is 37.5 Å². The van der Waals surface area contributed by atoms with Crippen LogP contribution < -0.4 is 4.90 Å². The number of aliphatic hydroxyl groups is 1. The Bertz CT molecular complexity index is 359. The Morgan fingerprint density at radius 3 is 2.75 bits per heavy atom. The molecule has 0 bridgehead atoms. The first-order valence-electron chi connectivity index (χ1n) is 5.95. The Morgan fingerprint density at radius 1 is 1.44 bits per heavy atom. The molecule has 0 aromatic carbocycles. The lowest BCUT2D eigenvalue weighted by Crippen LogP contribution is -2.39. The fraction of sp³-hybridized carbons (Fsp3) is 0.615. The zero-order valence-corrected chi connectivity index (χ0v) is 10.1. The number of hydrogen-bond donors (Lipinski definition) is 1. The molecule has 1 heterocycles. The Kier molecular flexibility index (Phi) is 3.15. The summed E-state index contributed by atoms with van der Waals surface area (Å²) in [6, 6.07) is 4.04. The zero-order chi connectivity index (χ0) is 11.6. The van der Waals surface area contributed by atoms with Crippen LogP contribution in [0.1, 0.15) is 31.2 Å². The lowest BCUT2D eigenvalue weighted by Gasteiger charge is -2.29. The van der Waals surface area contributed by atoms with Gasteiger partial charge >= 0.3 is 0 Å². The quantitative estimate of drug-likeness (QED) is 0.847. The molecule has 0 atom stereocenters. The van der Waals surface area contributed by atoms with Crippen LogP contribution in [0.2, 0.25) is 0 Å². The molecular weight excluding hydrogens is 200 g/mol. The summed E-state index contributed by atoms with van der Waals surface area (Å²) in [4.78, 5) is 6.38. The normalized spacial score (nSPS) is 18.7. The van der Waals surface area contributed by atoms with Crippen LogP contribution >= 0.6 is 0 Å². The van der Waals surface area contributed by atoms with Crippen molar-refractivity contribution in [3.05, 3.63) is 23.9 Å². The average molecular weight is 220 g/mol. The fourth-order valence-electron chi connectivity index (χ4n) is 2.44. The predicted molar refractivity (Wildman–Crippen MR) is 65.7 cm³/mol. The van der Waals surface area contributed by atoms with Crippen LogP contribution in [0.15, 0.2) is 18.3 Å². The minimum atomic E-state index is -0.500. The van der Waals surface area contributed by atoms with Crippen molar-refractivity contribution in [3.63, 3.8) is 0 Å². The molecule has 0 amide bonds. The van der Waals surface area contributed by atoms with Crippen LogP contribution in [0.3, 0.4) is 0 Å². The fourth-order valence-corrected chi connectivity index (χ4v) is 2.44. The second-order valence-electron chi connectivity index (χ2n) is 4.98. The molecule has 1 fully saturated rings. The van der Waals surface area contributed by atoms with E-state index in [0.717, 1.165) is 31.5 Å². The number of rotatable bonds is 3. The number of aromatic nitrogens is 1. The van der Waals surface area contributed by atoms with Gasteiger partial charge in [0.1, 0.15) is 5.82 Å². The lowest BCUT2D eigenvalue weighted by molar-refractivity contribution is 0.0558. The van der Waals surface area contributed by atoms with E-state index in [1.807, 2.05) is 19.3 Å². The number of pyridine rings is 1. The van der Waals surface area contributed by atoms with Crippen LogP contribution in [0.25, 0.3) is 0 Å². The maximum absolute atomic E-state index is 10.3. The van der Waals surface area contributed by atoms with E-state index in [4.69, 9.17) is 0 Å². The summed E-state index contributed by atoms with van der Waals surface area (Å²) in [6.07, 6.45) is 5.95. The van der Waals surface area contributed by atoms with Crippen molar-refractivity contribution in [2.45, 2.75) is 38.2 Å². The molecule has 16 heavy (non-hydrogen) atoms. The molecule has 88 valence electrons. The van der Waals surface area contributed by atoms with Crippen LogP contribution in [-0.2, 0) is 0 Å². The number of nitrogens with zero attached hydrogens (tertiary/aromatic N) is 2. The SMILES string of the molecule is Cc1ccnc(N(C)CC2(O)CCCC2)c1. The Hall–Kier alpha value is -1.09. The number of aryl methyl sites for hydroxylation is 1. The van der Waals surface area contributed by atoms with Crippen LogP contribution in [0.4, 0.5) is 5.82 Å². The Morgan fingerprint density at radius 2 is 2.12 bits per heavy atom. The Labute approximate surface area is 97.1 Å². The van der Waals surface area contributed by atoms with Gasteiger partial charge in [-0.15, -0.1) is 0 Å². The van der Waals surface area contributed by atoms with E-state index >= 15 is 0 Å². The molecule has 1 aromatic rings. The summed E-state index contributed by atoms with van der Waals surface area (Å²) in [5.41, 5.74) is 0.704. The Balaban J connectivity index is 2.05. The van der Waals surface area contributed by atoms with Gasteiger partial charge in [0.25, 0.3) is 0 Å². The van der Waals surface area contributed by atoms with Crippen molar-refractivity contribution in [2.75, 3.05) is 18.5 Å². The van der Waals surface area contributed by atoms with Crippen molar-refractivity contribution in [3.8, 4) is 0 Å². The highest BCUT2D eigenvalue weighted by atomic mass is 16.3. The van der Waals surface area contributed by atoms with Gasteiger partial charge in [-0.25, -0.2) is 4.98 Å². The number of hydrogen-bond acceptors (Lipinski definition) is 3. The minimum absolute atomic E-state index is 0.500. The highest BCUT2D eigenvalue weighted by Gasteiger charge is 2.32. The standard InChI is InChI=1S/C13H20N2O/c1-11-5-8-14-12(9-11)15(2)10-13(16)6-3-4-7-13/h5,8-9,16H,3-4,6-7,10H2,1-2H3. The molecule has 0 saturated heterocycles. The number of anilines is 1. The highest BCUT2D eigenvalue weighted by Crippen LogP contribution is 2.30. The molecular formula is C13H20N2O. The molecule has 1 aromatic heterocycles. The molecule has 1 saturated carbocycles.